The zero-order chi connectivity index (χ0) is 9.23. The Morgan fingerprint density at radius 3 is 2.08 bits per heavy atom. The highest BCUT2D eigenvalue weighted by Crippen LogP contribution is 1.98. The minimum atomic E-state index is 0.652. The van der Waals surface area contributed by atoms with E-state index in [1.165, 1.54) is 5.57 Å². The van der Waals surface area contributed by atoms with Crippen LogP contribution in [-0.2, 0) is 4.79 Å². The molecule has 0 saturated heterocycles. The standard InChI is InChI=1S/C11H18O/c1-11(2)9-7-5-3-4-6-8-10-12/h3-4,9-10H,5-8H2,1-2H3. The lowest BCUT2D eigenvalue weighted by molar-refractivity contribution is -0.107. The van der Waals surface area contributed by atoms with E-state index in [0.29, 0.717) is 6.42 Å². The maximum absolute atomic E-state index is 9.94. The lowest BCUT2D eigenvalue weighted by atomic mass is 10.2. The van der Waals surface area contributed by atoms with Crippen molar-refractivity contribution in [2.75, 3.05) is 0 Å². The third-order valence-electron chi connectivity index (χ3n) is 1.50. The number of hydrogen-bond donors (Lipinski definition) is 0. The van der Waals surface area contributed by atoms with E-state index in [9.17, 15) is 4.79 Å². The first-order valence-corrected chi connectivity index (χ1v) is 4.49. The summed E-state index contributed by atoms with van der Waals surface area (Å²) in [6.07, 6.45) is 11.1. The first-order valence-electron chi connectivity index (χ1n) is 4.49. The van der Waals surface area contributed by atoms with Gasteiger partial charge in [0.15, 0.2) is 0 Å². The molecule has 68 valence electrons. The number of carbonyl (C=O) groups is 1. The van der Waals surface area contributed by atoms with Gasteiger partial charge in [-0.3, -0.25) is 0 Å². The fraction of sp³-hybridized carbons (Fsp3) is 0.545. The van der Waals surface area contributed by atoms with Gasteiger partial charge >= 0.3 is 0 Å². The monoisotopic (exact) mass is 166 g/mol. The zero-order valence-electron chi connectivity index (χ0n) is 8.05. The molecule has 0 saturated carbocycles. The van der Waals surface area contributed by atoms with Gasteiger partial charge in [0, 0.05) is 6.42 Å². The Bertz CT molecular complexity index is 162. The minimum absolute atomic E-state index is 0.652. The molecule has 0 radical (unpaired) electrons. The molecule has 1 heteroatoms. The molecule has 0 amide bonds. The Balaban J connectivity index is 3.24. The second-order valence-corrected chi connectivity index (χ2v) is 3.07. The molecule has 0 aromatic heterocycles. The Hall–Kier alpha value is -0.850. The Kier molecular flexibility index (Phi) is 7.66. The summed E-state index contributed by atoms with van der Waals surface area (Å²) < 4.78 is 0. The van der Waals surface area contributed by atoms with Gasteiger partial charge in [0.1, 0.15) is 6.29 Å². The highest BCUT2D eigenvalue weighted by Gasteiger charge is 1.80. The van der Waals surface area contributed by atoms with E-state index in [1.54, 1.807) is 0 Å². The largest absolute Gasteiger partial charge is 0.303 e. The summed E-state index contributed by atoms with van der Waals surface area (Å²) in [5.74, 6) is 0. The lowest BCUT2D eigenvalue weighted by Crippen LogP contribution is -1.71. The van der Waals surface area contributed by atoms with E-state index in [0.717, 1.165) is 25.5 Å². The molecule has 0 aromatic carbocycles. The van der Waals surface area contributed by atoms with Crippen LogP contribution in [0.3, 0.4) is 0 Å². The molecule has 0 aliphatic rings. The van der Waals surface area contributed by atoms with Crippen LogP contribution in [0, 0.1) is 0 Å². The van der Waals surface area contributed by atoms with Crippen molar-refractivity contribution in [1.29, 1.82) is 0 Å². The van der Waals surface area contributed by atoms with Gasteiger partial charge < -0.3 is 4.79 Å². The van der Waals surface area contributed by atoms with Crippen LogP contribution in [0.1, 0.15) is 39.5 Å². The average molecular weight is 166 g/mol. The van der Waals surface area contributed by atoms with E-state index in [1.807, 2.05) is 0 Å². The normalized spacial score (nSPS) is 10.2. The van der Waals surface area contributed by atoms with Gasteiger partial charge in [0.25, 0.3) is 0 Å². The minimum Gasteiger partial charge on any atom is -0.303 e. The third kappa shape index (κ3) is 9.15. The van der Waals surface area contributed by atoms with Crippen LogP contribution in [-0.4, -0.2) is 6.29 Å². The van der Waals surface area contributed by atoms with E-state index in [-0.39, 0.29) is 0 Å². The zero-order valence-corrected chi connectivity index (χ0v) is 8.05. The Labute approximate surface area is 75.2 Å². The number of aldehydes is 1. The van der Waals surface area contributed by atoms with Gasteiger partial charge in [-0.15, -0.1) is 0 Å². The first kappa shape index (κ1) is 11.2. The van der Waals surface area contributed by atoms with Gasteiger partial charge in [-0.2, -0.15) is 0 Å². The number of allylic oxidation sites excluding steroid dienone is 4. The van der Waals surface area contributed by atoms with Crippen LogP contribution in [0.5, 0.6) is 0 Å². The summed E-state index contributed by atoms with van der Waals surface area (Å²) in [6, 6.07) is 0. The number of carbonyl (C=O) groups excluding carboxylic acids is 1. The molecule has 0 aliphatic carbocycles. The molecule has 0 fully saturated rings. The molecule has 0 atom stereocenters. The second kappa shape index (κ2) is 8.25. The molecular weight excluding hydrogens is 148 g/mol. The highest BCUT2D eigenvalue weighted by molar-refractivity contribution is 5.49. The van der Waals surface area contributed by atoms with Crippen molar-refractivity contribution in [3.05, 3.63) is 23.8 Å². The molecule has 12 heavy (non-hydrogen) atoms. The molecule has 1 nitrogen and oxygen atoms in total. The van der Waals surface area contributed by atoms with Crippen molar-refractivity contribution in [2.24, 2.45) is 0 Å². The van der Waals surface area contributed by atoms with E-state index in [4.69, 9.17) is 0 Å². The maximum Gasteiger partial charge on any atom is 0.120 e. The molecular formula is C11H18O. The maximum atomic E-state index is 9.94. The van der Waals surface area contributed by atoms with Gasteiger partial charge in [-0.25, -0.2) is 0 Å². The van der Waals surface area contributed by atoms with Crippen molar-refractivity contribution in [3.63, 3.8) is 0 Å². The molecule has 0 rings (SSSR count). The summed E-state index contributed by atoms with van der Waals surface area (Å²) in [5.41, 5.74) is 1.37. The molecule has 0 spiro atoms. The van der Waals surface area contributed by atoms with Crippen LogP contribution in [0.4, 0.5) is 0 Å². The summed E-state index contributed by atoms with van der Waals surface area (Å²) in [4.78, 5) is 9.94. The molecule has 0 heterocycles. The lowest BCUT2D eigenvalue weighted by Gasteiger charge is -1.89. The van der Waals surface area contributed by atoms with Crippen LogP contribution < -0.4 is 0 Å². The predicted molar refractivity (Wildman–Crippen MR) is 53.1 cm³/mol. The average Bonchev–Trinajstić information content (AvgIpc) is 2.02. The van der Waals surface area contributed by atoms with Crippen LogP contribution in [0.15, 0.2) is 23.8 Å². The number of unbranched alkanes of at least 4 members (excludes halogenated alkanes) is 2. The molecule has 0 bridgehead atoms. The second-order valence-electron chi connectivity index (χ2n) is 3.07. The summed E-state index contributed by atoms with van der Waals surface area (Å²) in [5, 5.41) is 0. The van der Waals surface area contributed by atoms with Crippen molar-refractivity contribution < 1.29 is 4.79 Å². The third-order valence-corrected chi connectivity index (χ3v) is 1.50. The predicted octanol–water partition coefficient (Wildman–Crippen LogP) is 3.27. The van der Waals surface area contributed by atoms with Crippen LogP contribution in [0.2, 0.25) is 0 Å². The van der Waals surface area contributed by atoms with E-state index in [2.05, 4.69) is 32.1 Å². The van der Waals surface area contributed by atoms with Crippen molar-refractivity contribution in [1.82, 2.24) is 0 Å². The fourth-order valence-corrected chi connectivity index (χ4v) is 0.868. The van der Waals surface area contributed by atoms with Gasteiger partial charge in [0.05, 0.1) is 0 Å². The SMILES string of the molecule is CC(C)=CCCC=CCCC=O. The molecule has 0 aromatic rings. The van der Waals surface area contributed by atoms with E-state index < -0.39 is 0 Å². The first-order chi connectivity index (χ1) is 5.77. The Morgan fingerprint density at radius 2 is 1.58 bits per heavy atom. The van der Waals surface area contributed by atoms with Crippen LogP contribution in [0.25, 0.3) is 0 Å². The van der Waals surface area contributed by atoms with Gasteiger partial charge in [-0.1, -0.05) is 23.8 Å². The number of rotatable bonds is 6. The Morgan fingerprint density at radius 1 is 1.00 bits per heavy atom. The van der Waals surface area contributed by atoms with Crippen molar-refractivity contribution >= 4 is 6.29 Å². The van der Waals surface area contributed by atoms with Gasteiger partial charge in [-0.05, 0) is 33.1 Å². The molecule has 0 N–H and O–H groups in total. The number of hydrogen-bond acceptors (Lipinski definition) is 1. The summed E-state index contributed by atoms with van der Waals surface area (Å²) >= 11 is 0. The molecule has 0 unspecified atom stereocenters. The van der Waals surface area contributed by atoms with Crippen LogP contribution >= 0.6 is 0 Å². The quantitative estimate of drug-likeness (QED) is 0.336. The van der Waals surface area contributed by atoms with E-state index >= 15 is 0 Å². The molecule has 0 aliphatic heterocycles. The summed E-state index contributed by atoms with van der Waals surface area (Å²) in [6.45, 7) is 4.21. The highest BCUT2D eigenvalue weighted by atomic mass is 16.1. The topological polar surface area (TPSA) is 17.1 Å². The van der Waals surface area contributed by atoms with Gasteiger partial charge in [0.2, 0.25) is 0 Å². The smallest absolute Gasteiger partial charge is 0.120 e. The van der Waals surface area contributed by atoms with Crippen molar-refractivity contribution in [2.45, 2.75) is 39.5 Å². The fourth-order valence-electron chi connectivity index (χ4n) is 0.868. The van der Waals surface area contributed by atoms with Crippen molar-refractivity contribution in [3.8, 4) is 0 Å². The summed E-state index contributed by atoms with van der Waals surface area (Å²) in [7, 11) is 0.